The third-order valence-electron chi connectivity index (χ3n) is 7.20. The molecule has 2 bridgehead atoms. The second-order valence-corrected chi connectivity index (χ2v) is 8.53. The number of rotatable bonds is 4. The molecule has 0 radical (unpaired) electrons. The van der Waals surface area contributed by atoms with Gasteiger partial charge in [-0.2, -0.15) is 0 Å². The molecule has 1 aromatic rings. The molecule has 4 aliphatic carbocycles. The first-order chi connectivity index (χ1) is 13.0. The molecular weight excluding hydrogens is 340 g/mol. The lowest BCUT2D eigenvalue weighted by Crippen LogP contribution is -2.40. The van der Waals surface area contributed by atoms with Gasteiger partial charge in [0.15, 0.2) is 0 Å². The van der Waals surface area contributed by atoms with Crippen molar-refractivity contribution in [2.45, 2.75) is 26.7 Å². The fourth-order valence-corrected chi connectivity index (χ4v) is 5.55. The van der Waals surface area contributed by atoms with E-state index < -0.39 is 0 Å². The second-order valence-electron chi connectivity index (χ2n) is 8.53. The number of nitrogens with zero attached hydrogens (tertiary/aromatic N) is 1. The predicted octanol–water partition coefficient (Wildman–Crippen LogP) is 2.69. The van der Waals surface area contributed by atoms with Crippen molar-refractivity contribution in [3.05, 3.63) is 41.5 Å². The molecule has 0 aromatic heterocycles. The molecule has 140 valence electrons. The molecule has 5 heteroatoms. The number of amides is 3. The average molecular weight is 364 g/mol. The Morgan fingerprint density at radius 1 is 1.07 bits per heavy atom. The number of allylic oxidation sites excluding steroid dienone is 2. The zero-order chi connectivity index (χ0) is 18.9. The van der Waals surface area contributed by atoms with Crippen LogP contribution < -0.4 is 5.32 Å². The molecule has 3 fully saturated rings. The minimum Gasteiger partial charge on any atom is -0.326 e. The standard InChI is InChI=1S/C22H24N2O3/c1-11-4-3-5-17(12(11)2)23-18(25)8-9-24-21(26)19-13-6-7-14(16-10-15(13)16)20(19)22(24)27/h3-7,13-16,19-20H,8-10H2,1-2H3,(H,23,25)/t13-,14-,15-,16-,19+,20+/m1/s1. The van der Waals surface area contributed by atoms with Crippen molar-refractivity contribution in [1.82, 2.24) is 4.90 Å². The van der Waals surface area contributed by atoms with E-state index >= 15 is 0 Å². The lowest BCUT2D eigenvalue weighted by molar-refractivity contribution is -0.140. The number of hydrogen-bond acceptors (Lipinski definition) is 3. The number of nitrogens with one attached hydrogen (secondary N) is 1. The molecular formula is C22H24N2O3. The van der Waals surface area contributed by atoms with Crippen LogP contribution in [0.3, 0.4) is 0 Å². The van der Waals surface area contributed by atoms with Crippen molar-refractivity contribution in [2.24, 2.45) is 35.5 Å². The number of imide groups is 1. The summed E-state index contributed by atoms with van der Waals surface area (Å²) in [5, 5.41) is 2.91. The van der Waals surface area contributed by atoms with E-state index in [1.165, 1.54) is 4.90 Å². The van der Waals surface area contributed by atoms with Crippen LogP contribution in [-0.4, -0.2) is 29.2 Å². The van der Waals surface area contributed by atoms with E-state index in [0.29, 0.717) is 11.8 Å². The highest BCUT2D eigenvalue weighted by atomic mass is 16.2. The maximum Gasteiger partial charge on any atom is 0.233 e. The molecule has 2 saturated carbocycles. The van der Waals surface area contributed by atoms with Gasteiger partial charge in [-0.15, -0.1) is 0 Å². The lowest BCUT2D eigenvalue weighted by Gasteiger charge is -2.37. The van der Waals surface area contributed by atoms with Crippen molar-refractivity contribution in [2.75, 3.05) is 11.9 Å². The fraction of sp³-hybridized carbons (Fsp3) is 0.500. The molecule has 1 aliphatic heterocycles. The summed E-state index contributed by atoms with van der Waals surface area (Å²) in [5.41, 5.74) is 2.94. The van der Waals surface area contributed by atoms with Gasteiger partial charge in [-0.05, 0) is 61.1 Å². The zero-order valence-corrected chi connectivity index (χ0v) is 15.6. The summed E-state index contributed by atoms with van der Waals surface area (Å²) >= 11 is 0. The average Bonchev–Trinajstić information content (AvgIpc) is 3.43. The molecule has 27 heavy (non-hydrogen) atoms. The van der Waals surface area contributed by atoms with E-state index in [0.717, 1.165) is 23.2 Å². The van der Waals surface area contributed by atoms with Crippen LogP contribution in [0, 0.1) is 49.4 Å². The molecule has 1 N–H and O–H groups in total. The number of hydrogen-bond donors (Lipinski definition) is 1. The Morgan fingerprint density at radius 2 is 1.70 bits per heavy atom. The molecule has 0 unspecified atom stereocenters. The first-order valence-corrected chi connectivity index (χ1v) is 9.87. The van der Waals surface area contributed by atoms with Crippen LogP contribution in [0.15, 0.2) is 30.4 Å². The molecule has 6 atom stereocenters. The fourth-order valence-electron chi connectivity index (χ4n) is 5.55. The smallest absolute Gasteiger partial charge is 0.233 e. The Bertz CT molecular complexity index is 854. The van der Waals surface area contributed by atoms with Gasteiger partial charge in [-0.1, -0.05) is 24.3 Å². The largest absolute Gasteiger partial charge is 0.326 e. The summed E-state index contributed by atoms with van der Waals surface area (Å²) in [6.07, 6.45) is 5.64. The SMILES string of the molecule is Cc1cccc(NC(=O)CCN2C(=O)[C@H]3[C@@H]4C=C[C@H]([C@H]5C[C@H]45)[C@@H]3C2=O)c1C. The van der Waals surface area contributed by atoms with E-state index in [-0.39, 0.29) is 54.4 Å². The zero-order valence-electron chi connectivity index (χ0n) is 15.6. The highest BCUT2D eigenvalue weighted by molar-refractivity contribution is 6.06. The van der Waals surface area contributed by atoms with Gasteiger partial charge in [0.25, 0.3) is 0 Å². The number of carbonyl (C=O) groups excluding carboxylic acids is 3. The summed E-state index contributed by atoms with van der Waals surface area (Å²) in [6.45, 7) is 4.15. The first kappa shape index (κ1) is 16.7. The van der Waals surface area contributed by atoms with Crippen molar-refractivity contribution in [3.8, 4) is 0 Å². The Hall–Kier alpha value is -2.43. The van der Waals surface area contributed by atoms with Crippen LogP contribution in [0.25, 0.3) is 0 Å². The summed E-state index contributed by atoms with van der Waals surface area (Å²) < 4.78 is 0. The number of carbonyl (C=O) groups is 3. The van der Waals surface area contributed by atoms with Gasteiger partial charge in [0.1, 0.15) is 0 Å². The topological polar surface area (TPSA) is 66.5 Å². The van der Waals surface area contributed by atoms with Crippen LogP contribution >= 0.6 is 0 Å². The second kappa shape index (κ2) is 5.78. The van der Waals surface area contributed by atoms with Gasteiger partial charge in [0.2, 0.25) is 17.7 Å². The van der Waals surface area contributed by atoms with Crippen molar-refractivity contribution in [3.63, 3.8) is 0 Å². The minimum atomic E-state index is -0.182. The first-order valence-electron chi connectivity index (χ1n) is 9.87. The highest BCUT2D eigenvalue weighted by Crippen LogP contribution is 2.65. The molecule has 1 saturated heterocycles. The third kappa shape index (κ3) is 2.40. The number of aryl methyl sites for hydroxylation is 1. The summed E-state index contributed by atoms with van der Waals surface area (Å²) in [5.74, 6) is 1.02. The molecule has 6 rings (SSSR count). The van der Waals surface area contributed by atoms with E-state index in [4.69, 9.17) is 0 Å². The Labute approximate surface area is 158 Å². The predicted molar refractivity (Wildman–Crippen MR) is 101 cm³/mol. The van der Waals surface area contributed by atoms with Crippen LogP contribution in [0.1, 0.15) is 24.0 Å². The van der Waals surface area contributed by atoms with Crippen LogP contribution in [0.4, 0.5) is 5.69 Å². The van der Waals surface area contributed by atoms with Crippen LogP contribution in [0.2, 0.25) is 0 Å². The molecule has 3 amide bonds. The maximum absolute atomic E-state index is 12.9. The molecule has 5 aliphatic rings. The third-order valence-corrected chi connectivity index (χ3v) is 7.20. The van der Waals surface area contributed by atoms with Gasteiger partial charge in [-0.25, -0.2) is 0 Å². The van der Waals surface area contributed by atoms with E-state index in [9.17, 15) is 14.4 Å². The maximum atomic E-state index is 12.9. The molecule has 0 spiro atoms. The Morgan fingerprint density at radius 3 is 2.33 bits per heavy atom. The van der Waals surface area contributed by atoms with Gasteiger partial charge in [0.05, 0.1) is 11.8 Å². The number of anilines is 1. The van der Waals surface area contributed by atoms with Gasteiger partial charge in [-0.3, -0.25) is 19.3 Å². The van der Waals surface area contributed by atoms with E-state index in [1.54, 1.807) is 0 Å². The lowest BCUT2D eigenvalue weighted by atomic mass is 9.63. The van der Waals surface area contributed by atoms with Crippen molar-refractivity contribution < 1.29 is 14.4 Å². The van der Waals surface area contributed by atoms with Crippen LogP contribution in [0.5, 0.6) is 0 Å². The normalized spacial score (nSPS) is 35.3. The van der Waals surface area contributed by atoms with Gasteiger partial charge in [0, 0.05) is 18.7 Å². The molecule has 1 aromatic carbocycles. The summed E-state index contributed by atoms with van der Waals surface area (Å²) in [4.78, 5) is 39.6. The van der Waals surface area contributed by atoms with E-state index in [2.05, 4.69) is 17.5 Å². The van der Waals surface area contributed by atoms with Crippen molar-refractivity contribution in [1.29, 1.82) is 0 Å². The monoisotopic (exact) mass is 364 g/mol. The highest BCUT2D eigenvalue weighted by Gasteiger charge is 2.66. The summed E-state index contributed by atoms with van der Waals surface area (Å²) in [6, 6.07) is 5.78. The quantitative estimate of drug-likeness (QED) is 0.660. The van der Waals surface area contributed by atoms with Crippen molar-refractivity contribution >= 4 is 23.4 Å². The van der Waals surface area contributed by atoms with Gasteiger partial charge < -0.3 is 5.32 Å². The molecule has 5 nitrogen and oxygen atoms in total. The number of benzene rings is 1. The number of likely N-dealkylation sites (tertiary alicyclic amines) is 1. The minimum absolute atomic E-state index is 0.0609. The van der Waals surface area contributed by atoms with Gasteiger partial charge >= 0.3 is 0 Å². The molecule has 1 heterocycles. The Kier molecular flexibility index (Phi) is 3.58. The van der Waals surface area contributed by atoms with Crippen LogP contribution in [-0.2, 0) is 14.4 Å². The summed E-state index contributed by atoms with van der Waals surface area (Å²) in [7, 11) is 0. The van der Waals surface area contributed by atoms with E-state index in [1.807, 2.05) is 32.0 Å². The Balaban J connectivity index is 1.26.